The van der Waals surface area contributed by atoms with E-state index >= 15 is 0 Å². The summed E-state index contributed by atoms with van der Waals surface area (Å²) in [6, 6.07) is 2.69. The number of primary amides is 1. The van der Waals surface area contributed by atoms with Gasteiger partial charge in [-0.25, -0.2) is 4.39 Å². The third-order valence-corrected chi connectivity index (χ3v) is 1.82. The van der Waals surface area contributed by atoms with Crippen LogP contribution in [0.5, 0.6) is 5.75 Å². The molecule has 0 atom stereocenters. The number of carbonyl (C=O) groups excluding carboxylic acids is 1. The Morgan fingerprint density at radius 1 is 1.39 bits per heavy atom. The number of benzene rings is 1. The molecular formula is C11H9F4NO2. The van der Waals surface area contributed by atoms with Gasteiger partial charge in [-0.15, -0.1) is 13.2 Å². The molecule has 98 valence electrons. The second kappa shape index (κ2) is 5.52. The van der Waals surface area contributed by atoms with E-state index in [-0.39, 0.29) is 12.0 Å². The first-order valence-corrected chi connectivity index (χ1v) is 4.78. The van der Waals surface area contributed by atoms with E-state index in [0.717, 1.165) is 12.1 Å². The van der Waals surface area contributed by atoms with E-state index in [9.17, 15) is 22.4 Å². The molecule has 0 unspecified atom stereocenters. The van der Waals surface area contributed by atoms with Crippen LogP contribution in [0.2, 0.25) is 0 Å². The fourth-order valence-corrected chi connectivity index (χ4v) is 1.14. The molecule has 0 aliphatic heterocycles. The maximum atomic E-state index is 13.3. The van der Waals surface area contributed by atoms with Gasteiger partial charge in [-0.1, -0.05) is 12.2 Å². The maximum absolute atomic E-state index is 13.3. The molecular weight excluding hydrogens is 254 g/mol. The summed E-state index contributed by atoms with van der Waals surface area (Å²) in [7, 11) is 0. The van der Waals surface area contributed by atoms with Crippen LogP contribution in [0.1, 0.15) is 12.0 Å². The van der Waals surface area contributed by atoms with Crippen LogP contribution in [-0.2, 0) is 4.79 Å². The SMILES string of the molecule is NC(=O)CC=Cc1ccc(OC(F)(F)F)cc1F. The summed E-state index contributed by atoms with van der Waals surface area (Å²) in [6.07, 6.45) is -2.39. The van der Waals surface area contributed by atoms with Crippen LogP contribution in [0.4, 0.5) is 17.6 Å². The van der Waals surface area contributed by atoms with E-state index in [0.29, 0.717) is 6.07 Å². The van der Waals surface area contributed by atoms with Gasteiger partial charge in [0, 0.05) is 18.1 Å². The zero-order chi connectivity index (χ0) is 13.8. The third-order valence-electron chi connectivity index (χ3n) is 1.82. The molecule has 18 heavy (non-hydrogen) atoms. The van der Waals surface area contributed by atoms with Gasteiger partial charge in [-0.05, 0) is 12.1 Å². The Bertz CT molecular complexity index is 469. The maximum Gasteiger partial charge on any atom is 0.573 e. The van der Waals surface area contributed by atoms with Crippen molar-refractivity contribution in [3.05, 3.63) is 35.7 Å². The molecule has 7 heteroatoms. The van der Waals surface area contributed by atoms with Gasteiger partial charge in [0.2, 0.25) is 5.91 Å². The van der Waals surface area contributed by atoms with Crippen LogP contribution in [0.15, 0.2) is 24.3 Å². The summed E-state index contributed by atoms with van der Waals surface area (Å²) in [4.78, 5) is 10.4. The number of hydrogen-bond donors (Lipinski definition) is 1. The lowest BCUT2D eigenvalue weighted by atomic mass is 10.2. The van der Waals surface area contributed by atoms with Crippen LogP contribution >= 0.6 is 0 Å². The van der Waals surface area contributed by atoms with Crippen molar-refractivity contribution in [2.45, 2.75) is 12.8 Å². The predicted molar refractivity (Wildman–Crippen MR) is 55.9 cm³/mol. The molecule has 0 heterocycles. The monoisotopic (exact) mass is 263 g/mol. The number of carbonyl (C=O) groups is 1. The Labute approximate surface area is 99.8 Å². The number of amides is 1. The quantitative estimate of drug-likeness (QED) is 0.849. The summed E-state index contributed by atoms with van der Waals surface area (Å²) >= 11 is 0. The molecule has 0 aromatic heterocycles. The van der Waals surface area contributed by atoms with Crippen LogP contribution in [-0.4, -0.2) is 12.3 Å². The van der Waals surface area contributed by atoms with E-state index < -0.39 is 23.8 Å². The summed E-state index contributed by atoms with van der Waals surface area (Å²) in [5.74, 6) is -2.13. The van der Waals surface area contributed by atoms with Gasteiger partial charge in [0.15, 0.2) is 0 Å². The molecule has 1 rings (SSSR count). The van der Waals surface area contributed by atoms with Gasteiger partial charge in [0.25, 0.3) is 0 Å². The Morgan fingerprint density at radius 3 is 2.56 bits per heavy atom. The molecule has 1 amide bonds. The van der Waals surface area contributed by atoms with Crippen LogP contribution in [0, 0.1) is 5.82 Å². The molecule has 3 nitrogen and oxygen atoms in total. The highest BCUT2D eigenvalue weighted by Crippen LogP contribution is 2.24. The molecule has 0 saturated carbocycles. The largest absolute Gasteiger partial charge is 0.573 e. The zero-order valence-corrected chi connectivity index (χ0v) is 9.00. The second-order valence-corrected chi connectivity index (χ2v) is 3.30. The van der Waals surface area contributed by atoms with Gasteiger partial charge >= 0.3 is 6.36 Å². The van der Waals surface area contributed by atoms with Crippen molar-refractivity contribution in [3.63, 3.8) is 0 Å². The molecule has 0 spiro atoms. The van der Waals surface area contributed by atoms with E-state index in [1.165, 1.54) is 12.2 Å². The lowest BCUT2D eigenvalue weighted by molar-refractivity contribution is -0.274. The molecule has 2 N–H and O–H groups in total. The Morgan fingerprint density at radius 2 is 2.06 bits per heavy atom. The molecule has 0 saturated heterocycles. The highest BCUT2D eigenvalue weighted by Gasteiger charge is 2.31. The zero-order valence-electron chi connectivity index (χ0n) is 9.00. The minimum Gasteiger partial charge on any atom is -0.406 e. The smallest absolute Gasteiger partial charge is 0.406 e. The number of hydrogen-bond acceptors (Lipinski definition) is 2. The summed E-state index contributed by atoms with van der Waals surface area (Å²) < 4.78 is 52.4. The van der Waals surface area contributed by atoms with Gasteiger partial charge in [-0.3, -0.25) is 4.79 Å². The Kier molecular flexibility index (Phi) is 4.30. The minimum absolute atomic E-state index is 0.0331. The summed E-state index contributed by atoms with van der Waals surface area (Å²) in [6.45, 7) is 0. The average molecular weight is 263 g/mol. The van der Waals surface area contributed by atoms with Crippen molar-refractivity contribution in [3.8, 4) is 5.75 Å². The van der Waals surface area contributed by atoms with Crippen molar-refractivity contribution >= 4 is 12.0 Å². The van der Waals surface area contributed by atoms with Crippen molar-refractivity contribution in [1.29, 1.82) is 0 Å². The molecule has 1 aromatic carbocycles. The van der Waals surface area contributed by atoms with Crippen LogP contribution in [0.25, 0.3) is 6.08 Å². The van der Waals surface area contributed by atoms with Gasteiger partial charge in [-0.2, -0.15) is 0 Å². The first kappa shape index (κ1) is 14.0. The summed E-state index contributed by atoms with van der Waals surface area (Å²) in [5, 5.41) is 0. The highest BCUT2D eigenvalue weighted by molar-refractivity contribution is 5.76. The number of ether oxygens (including phenoxy) is 1. The molecule has 0 fully saturated rings. The first-order chi connectivity index (χ1) is 8.28. The Hall–Kier alpha value is -2.05. The highest BCUT2D eigenvalue weighted by atomic mass is 19.4. The lowest BCUT2D eigenvalue weighted by Crippen LogP contribution is -2.17. The number of alkyl halides is 3. The second-order valence-electron chi connectivity index (χ2n) is 3.30. The van der Waals surface area contributed by atoms with E-state index in [1.54, 1.807) is 0 Å². The van der Waals surface area contributed by atoms with E-state index in [2.05, 4.69) is 4.74 Å². The number of nitrogens with two attached hydrogens (primary N) is 1. The van der Waals surface area contributed by atoms with E-state index in [4.69, 9.17) is 5.73 Å². The van der Waals surface area contributed by atoms with Gasteiger partial charge < -0.3 is 10.5 Å². The van der Waals surface area contributed by atoms with Gasteiger partial charge in [0.05, 0.1) is 0 Å². The third kappa shape index (κ3) is 4.86. The number of rotatable bonds is 4. The summed E-state index contributed by atoms with van der Waals surface area (Å²) in [5.41, 5.74) is 4.89. The van der Waals surface area contributed by atoms with Crippen molar-refractivity contribution in [2.75, 3.05) is 0 Å². The minimum atomic E-state index is -4.87. The topological polar surface area (TPSA) is 52.3 Å². The van der Waals surface area contributed by atoms with Crippen LogP contribution in [0.3, 0.4) is 0 Å². The fraction of sp³-hybridized carbons (Fsp3) is 0.182. The number of halogens is 4. The molecule has 1 aromatic rings. The predicted octanol–water partition coefficient (Wildman–Crippen LogP) is 2.61. The standard InChI is InChI=1S/C11H9F4NO2/c12-9-6-8(18-11(13,14)15)5-4-7(9)2-1-3-10(16)17/h1-2,4-6H,3H2,(H2,16,17). The Balaban J connectivity index is 2.80. The van der Waals surface area contributed by atoms with Crippen molar-refractivity contribution < 1.29 is 27.1 Å². The first-order valence-electron chi connectivity index (χ1n) is 4.78. The molecule has 0 bridgehead atoms. The molecule has 0 aliphatic rings. The van der Waals surface area contributed by atoms with Crippen molar-refractivity contribution in [2.24, 2.45) is 5.73 Å². The van der Waals surface area contributed by atoms with E-state index in [1.807, 2.05) is 0 Å². The fourth-order valence-electron chi connectivity index (χ4n) is 1.14. The van der Waals surface area contributed by atoms with Crippen LogP contribution < -0.4 is 10.5 Å². The average Bonchev–Trinajstić information content (AvgIpc) is 2.18. The normalized spacial score (nSPS) is 11.8. The molecule has 0 radical (unpaired) electrons. The van der Waals surface area contributed by atoms with Crippen molar-refractivity contribution in [1.82, 2.24) is 0 Å². The molecule has 0 aliphatic carbocycles. The van der Waals surface area contributed by atoms with Gasteiger partial charge in [0.1, 0.15) is 11.6 Å². The lowest BCUT2D eigenvalue weighted by Gasteiger charge is -2.09.